The Hall–Kier alpha value is -1.23. The smallest absolute Gasteiger partial charge is 0.337 e. The second-order valence-electron chi connectivity index (χ2n) is 4.65. The average Bonchev–Trinajstić information content (AvgIpc) is 2.39. The van der Waals surface area contributed by atoms with Gasteiger partial charge in [0.2, 0.25) is 0 Å². The summed E-state index contributed by atoms with van der Waals surface area (Å²) in [4.78, 5) is 22.8. The average molecular weight is 267 g/mol. The molecule has 0 aromatic carbocycles. The summed E-state index contributed by atoms with van der Waals surface area (Å²) < 4.78 is 1.60. The summed E-state index contributed by atoms with van der Waals surface area (Å²) in [5.74, 6) is -0.985. The largest absolute Gasteiger partial charge is 0.478 e. The predicted octanol–water partition coefficient (Wildman–Crippen LogP) is 2.39. The van der Waals surface area contributed by atoms with Crippen LogP contribution in [0.2, 0.25) is 0 Å². The number of aromatic nitrogens is 1. The molecular weight excluding hydrogens is 250 g/mol. The second kappa shape index (κ2) is 5.61. The van der Waals surface area contributed by atoms with Crippen LogP contribution in [0.25, 0.3) is 0 Å². The van der Waals surface area contributed by atoms with Crippen molar-refractivity contribution in [3.05, 3.63) is 34.2 Å². The van der Waals surface area contributed by atoms with E-state index in [1.165, 1.54) is 24.8 Å². The molecule has 1 aromatic heterocycles. The van der Waals surface area contributed by atoms with Crippen LogP contribution in [-0.4, -0.2) is 27.1 Å². The molecule has 1 fully saturated rings. The van der Waals surface area contributed by atoms with E-state index in [0.29, 0.717) is 5.25 Å². The second-order valence-corrected chi connectivity index (χ2v) is 5.78. The van der Waals surface area contributed by atoms with Crippen LogP contribution >= 0.6 is 11.8 Å². The van der Waals surface area contributed by atoms with Crippen LogP contribution in [0.4, 0.5) is 0 Å². The fourth-order valence-electron chi connectivity index (χ4n) is 2.50. The molecule has 0 amide bonds. The molecule has 1 saturated carbocycles. The lowest BCUT2D eigenvalue weighted by atomic mass is 9.94. The Balaban J connectivity index is 2.29. The van der Waals surface area contributed by atoms with Crippen molar-refractivity contribution >= 4 is 17.7 Å². The number of nitrogens with zero attached hydrogens (tertiary/aromatic N) is 1. The minimum atomic E-state index is -0.985. The summed E-state index contributed by atoms with van der Waals surface area (Å²) in [5, 5.41) is 9.55. The van der Waals surface area contributed by atoms with E-state index in [9.17, 15) is 9.59 Å². The zero-order valence-corrected chi connectivity index (χ0v) is 11.2. The van der Waals surface area contributed by atoms with E-state index >= 15 is 0 Å². The highest BCUT2D eigenvalue weighted by Crippen LogP contribution is 2.33. The van der Waals surface area contributed by atoms with Crippen molar-refractivity contribution in [2.24, 2.45) is 0 Å². The monoisotopic (exact) mass is 267 g/mol. The molecule has 4 nitrogen and oxygen atoms in total. The van der Waals surface area contributed by atoms with Gasteiger partial charge in [0, 0.05) is 23.6 Å². The molecule has 2 unspecified atom stereocenters. The fraction of sp³-hybridized carbons (Fsp3) is 0.538. The quantitative estimate of drug-likeness (QED) is 0.913. The Morgan fingerprint density at radius 2 is 2.22 bits per heavy atom. The zero-order chi connectivity index (χ0) is 13.1. The van der Waals surface area contributed by atoms with Gasteiger partial charge >= 0.3 is 5.97 Å². The van der Waals surface area contributed by atoms with Crippen LogP contribution in [0.3, 0.4) is 0 Å². The first-order valence-electron chi connectivity index (χ1n) is 6.10. The number of hydrogen-bond acceptors (Lipinski definition) is 3. The molecule has 1 aromatic rings. The number of hydrogen-bond donors (Lipinski definition) is 1. The van der Waals surface area contributed by atoms with Gasteiger partial charge in [-0.05, 0) is 31.6 Å². The Morgan fingerprint density at radius 3 is 2.89 bits per heavy atom. The SMILES string of the molecule is CSC1CCCC(n2cc(C(=O)O)ccc2=O)C1. The molecule has 0 radical (unpaired) electrons. The van der Waals surface area contributed by atoms with E-state index in [-0.39, 0.29) is 17.2 Å². The molecule has 1 aliphatic carbocycles. The normalized spacial score (nSPS) is 23.8. The molecule has 0 spiro atoms. The molecular formula is C13H17NO3S. The molecule has 2 atom stereocenters. The third-order valence-electron chi connectivity index (χ3n) is 3.51. The molecule has 0 saturated heterocycles. The molecule has 0 aliphatic heterocycles. The maximum absolute atomic E-state index is 11.9. The van der Waals surface area contributed by atoms with Gasteiger partial charge in [-0.3, -0.25) is 4.79 Å². The van der Waals surface area contributed by atoms with Crippen LogP contribution in [0.1, 0.15) is 42.1 Å². The van der Waals surface area contributed by atoms with E-state index in [1.807, 2.05) is 11.8 Å². The summed E-state index contributed by atoms with van der Waals surface area (Å²) in [6, 6.07) is 2.87. The Labute approximate surface area is 110 Å². The number of carboxylic acids is 1. The Morgan fingerprint density at radius 1 is 1.44 bits per heavy atom. The summed E-state index contributed by atoms with van der Waals surface area (Å²) in [7, 11) is 0. The first kappa shape index (κ1) is 13.2. The molecule has 5 heteroatoms. The van der Waals surface area contributed by atoms with Gasteiger partial charge in [-0.15, -0.1) is 0 Å². The maximum Gasteiger partial charge on any atom is 0.337 e. The van der Waals surface area contributed by atoms with Crippen LogP contribution in [0.15, 0.2) is 23.1 Å². The van der Waals surface area contributed by atoms with Gasteiger partial charge in [-0.2, -0.15) is 11.8 Å². The van der Waals surface area contributed by atoms with Gasteiger partial charge in [0.1, 0.15) is 0 Å². The molecule has 0 bridgehead atoms. The van der Waals surface area contributed by atoms with E-state index in [4.69, 9.17) is 5.11 Å². The van der Waals surface area contributed by atoms with Crippen LogP contribution in [0, 0.1) is 0 Å². The lowest BCUT2D eigenvalue weighted by Crippen LogP contribution is -2.29. The molecule has 98 valence electrons. The van der Waals surface area contributed by atoms with Gasteiger partial charge in [-0.25, -0.2) is 4.79 Å². The highest BCUT2D eigenvalue weighted by atomic mass is 32.2. The molecule has 1 heterocycles. The van der Waals surface area contributed by atoms with Crippen molar-refractivity contribution in [1.29, 1.82) is 0 Å². The van der Waals surface area contributed by atoms with Crippen molar-refractivity contribution < 1.29 is 9.90 Å². The van der Waals surface area contributed by atoms with E-state index in [0.717, 1.165) is 19.3 Å². The Bertz CT molecular complexity index is 497. The zero-order valence-electron chi connectivity index (χ0n) is 10.3. The van der Waals surface area contributed by atoms with Gasteiger partial charge in [-0.1, -0.05) is 6.42 Å². The van der Waals surface area contributed by atoms with Crippen molar-refractivity contribution in [3.8, 4) is 0 Å². The highest BCUT2D eigenvalue weighted by Gasteiger charge is 2.23. The molecule has 18 heavy (non-hydrogen) atoms. The number of pyridine rings is 1. The lowest BCUT2D eigenvalue weighted by Gasteiger charge is -2.29. The van der Waals surface area contributed by atoms with Gasteiger partial charge in [0.25, 0.3) is 5.56 Å². The summed E-state index contributed by atoms with van der Waals surface area (Å²) in [6.45, 7) is 0. The van der Waals surface area contributed by atoms with Crippen LogP contribution < -0.4 is 5.56 Å². The molecule has 1 aliphatic rings. The van der Waals surface area contributed by atoms with Crippen LogP contribution in [-0.2, 0) is 0 Å². The molecule has 2 rings (SSSR count). The first-order valence-corrected chi connectivity index (χ1v) is 7.39. The minimum absolute atomic E-state index is 0.105. The number of aromatic carboxylic acids is 1. The van der Waals surface area contributed by atoms with Gasteiger partial charge in [0.05, 0.1) is 5.56 Å². The maximum atomic E-state index is 11.9. The number of thioether (sulfide) groups is 1. The van der Waals surface area contributed by atoms with Crippen molar-refractivity contribution in [2.45, 2.75) is 37.0 Å². The standard InChI is InChI=1S/C13H17NO3S/c1-18-11-4-2-3-10(7-11)14-8-9(13(16)17)5-6-12(14)15/h5-6,8,10-11H,2-4,7H2,1H3,(H,16,17). The predicted molar refractivity (Wildman–Crippen MR) is 72.5 cm³/mol. The van der Waals surface area contributed by atoms with E-state index in [1.54, 1.807) is 4.57 Å². The first-order chi connectivity index (χ1) is 8.61. The van der Waals surface area contributed by atoms with E-state index < -0.39 is 5.97 Å². The van der Waals surface area contributed by atoms with Gasteiger partial charge < -0.3 is 9.67 Å². The van der Waals surface area contributed by atoms with Crippen LogP contribution in [0.5, 0.6) is 0 Å². The number of rotatable bonds is 3. The van der Waals surface area contributed by atoms with Crippen molar-refractivity contribution in [1.82, 2.24) is 4.57 Å². The summed E-state index contributed by atoms with van der Waals surface area (Å²) in [5.41, 5.74) is 0.0765. The summed E-state index contributed by atoms with van der Waals surface area (Å²) >= 11 is 1.83. The summed E-state index contributed by atoms with van der Waals surface area (Å²) in [6.07, 6.45) is 7.76. The molecule has 1 N–H and O–H groups in total. The topological polar surface area (TPSA) is 59.3 Å². The number of carboxylic acid groups (broad SMARTS) is 1. The van der Waals surface area contributed by atoms with Crippen molar-refractivity contribution in [3.63, 3.8) is 0 Å². The highest BCUT2D eigenvalue weighted by molar-refractivity contribution is 7.99. The van der Waals surface area contributed by atoms with Gasteiger partial charge in [0.15, 0.2) is 0 Å². The van der Waals surface area contributed by atoms with E-state index in [2.05, 4.69) is 6.26 Å². The lowest BCUT2D eigenvalue weighted by molar-refractivity contribution is 0.0695. The van der Waals surface area contributed by atoms with Crippen molar-refractivity contribution in [2.75, 3.05) is 6.26 Å². The Kier molecular flexibility index (Phi) is 4.11. The third kappa shape index (κ3) is 2.77. The fourth-order valence-corrected chi connectivity index (χ4v) is 3.32. The number of carbonyl (C=O) groups is 1. The minimum Gasteiger partial charge on any atom is -0.478 e. The third-order valence-corrected chi connectivity index (χ3v) is 4.61.